The topological polar surface area (TPSA) is 88.5 Å². The van der Waals surface area contributed by atoms with Gasteiger partial charge in [0.2, 0.25) is 5.91 Å². The van der Waals surface area contributed by atoms with E-state index in [1.165, 1.54) is 11.1 Å². The number of aromatic nitrogens is 2. The standard InChI is InChI=1S/C26H31N5O3/c1-20-5-7-21(8-6-20)24(31-13-15-34-16-14-31)18-28-26(33)22-3-2-4-23(17-22)29-25(32)9-11-30-12-10-27-19-30/h2-8,10,12,17,19,24H,9,11,13-16,18H2,1H3,(H,28,33)(H,29,32). The van der Waals surface area contributed by atoms with E-state index in [1.54, 1.807) is 36.8 Å². The summed E-state index contributed by atoms with van der Waals surface area (Å²) in [6.07, 6.45) is 5.51. The molecule has 0 bridgehead atoms. The summed E-state index contributed by atoms with van der Waals surface area (Å²) in [5.41, 5.74) is 3.49. The van der Waals surface area contributed by atoms with Crippen LogP contribution in [0.4, 0.5) is 5.69 Å². The molecule has 8 nitrogen and oxygen atoms in total. The van der Waals surface area contributed by atoms with E-state index in [-0.39, 0.29) is 17.9 Å². The van der Waals surface area contributed by atoms with Crippen molar-refractivity contribution in [2.24, 2.45) is 0 Å². The van der Waals surface area contributed by atoms with Gasteiger partial charge in [0.05, 0.1) is 25.6 Å². The Hall–Kier alpha value is -3.49. The van der Waals surface area contributed by atoms with Gasteiger partial charge in [0.1, 0.15) is 0 Å². The zero-order chi connectivity index (χ0) is 23.8. The Bertz CT molecular complexity index is 1080. The molecule has 1 unspecified atom stereocenters. The third-order valence-corrected chi connectivity index (χ3v) is 5.97. The van der Waals surface area contributed by atoms with E-state index in [9.17, 15) is 9.59 Å². The largest absolute Gasteiger partial charge is 0.379 e. The first-order valence-corrected chi connectivity index (χ1v) is 11.6. The number of ether oxygens (including phenoxy) is 1. The van der Waals surface area contributed by atoms with E-state index in [1.807, 2.05) is 10.8 Å². The molecule has 178 valence electrons. The number of nitrogens with one attached hydrogen (secondary N) is 2. The fraction of sp³-hybridized carbons (Fsp3) is 0.346. The van der Waals surface area contributed by atoms with Gasteiger partial charge in [-0.05, 0) is 30.7 Å². The highest BCUT2D eigenvalue weighted by atomic mass is 16.5. The number of carbonyl (C=O) groups is 2. The molecule has 1 saturated heterocycles. The van der Waals surface area contributed by atoms with Gasteiger partial charge in [0, 0.05) is 56.2 Å². The Morgan fingerprint density at radius 3 is 2.65 bits per heavy atom. The lowest BCUT2D eigenvalue weighted by atomic mass is 10.0. The third-order valence-electron chi connectivity index (χ3n) is 5.97. The van der Waals surface area contributed by atoms with Crippen LogP contribution < -0.4 is 10.6 Å². The van der Waals surface area contributed by atoms with Crippen molar-refractivity contribution in [3.63, 3.8) is 0 Å². The normalized spacial score (nSPS) is 15.0. The molecule has 0 spiro atoms. The maximum absolute atomic E-state index is 13.0. The minimum absolute atomic E-state index is 0.0690. The van der Waals surface area contributed by atoms with Crippen LogP contribution in [0.15, 0.2) is 67.3 Å². The summed E-state index contributed by atoms with van der Waals surface area (Å²) in [6.45, 7) is 6.15. The predicted molar refractivity (Wildman–Crippen MR) is 131 cm³/mol. The van der Waals surface area contributed by atoms with Gasteiger partial charge < -0.3 is 19.9 Å². The summed E-state index contributed by atoms with van der Waals surface area (Å²) in [7, 11) is 0. The highest BCUT2D eigenvalue weighted by Gasteiger charge is 2.23. The van der Waals surface area contributed by atoms with Crippen LogP contribution in [-0.4, -0.2) is 59.1 Å². The Labute approximate surface area is 199 Å². The summed E-state index contributed by atoms with van der Waals surface area (Å²) in [5, 5.41) is 5.96. The summed E-state index contributed by atoms with van der Waals surface area (Å²) in [4.78, 5) is 31.6. The molecule has 1 aliphatic rings. The molecular formula is C26H31N5O3. The van der Waals surface area contributed by atoms with Crippen molar-refractivity contribution >= 4 is 17.5 Å². The van der Waals surface area contributed by atoms with Crippen molar-refractivity contribution in [2.75, 3.05) is 38.2 Å². The molecule has 2 aromatic carbocycles. The average molecular weight is 462 g/mol. The molecule has 34 heavy (non-hydrogen) atoms. The molecule has 1 aliphatic heterocycles. The lowest BCUT2D eigenvalue weighted by molar-refractivity contribution is -0.116. The fourth-order valence-electron chi connectivity index (χ4n) is 4.04. The van der Waals surface area contributed by atoms with E-state index in [2.05, 4.69) is 51.7 Å². The number of nitrogens with zero attached hydrogens (tertiary/aromatic N) is 3. The summed E-state index contributed by atoms with van der Waals surface area (Å²) in [6, 6.07) is 15.6. The molecule has 3 aromatic rings. The second-order valence-corrected chi connectivity index (χ2v) is 8.46. The van der Waals surface area contributed by atoms with Crippen molar-refractivity contribution in [2.45, 2.75) is 25.9 Å². The van der Waals surface area contributed by atoms with Crippen LogP contribution >= 0.6 is 0 Å². The van der Waals surface area contributed by atoms with Gasteiger partial charge >= 0.3 is 0 Å². The first kappa shape index (κ1) is 23.7. The van der Waals surface area contributed by atoms with Gasteiger partial charge in [-0.3, -0.25) is 14.5 Å². The molecule has 0 saturated carbocycles. The molecule has 1 atom stereocenters. The van der Waals surface area contributed by atoms with Gasteiger partial charge in [-0.25, -0.2) is 4.98 Å². The van der Waals surface area contributed by atoms with Crippen molar-refractivity contribution in [3.05, 3.63) is 83.9 Å². The Morgan fingerprint density at radius 1 is 1.12 bits per heavy atom. The minimum atomic E-state index is -0.167. The molecule has 0 aliphatic carbocycles. The van der Waals surface area contributed by atoms with Crippen LogP contribution in [0.5, 0.6) is 0 Å². The Balaban J connectivity index is 1.36. The minimum Gasteiger partial charge on any atom is -0.379 e. The summed E-state index contributed by atoms with van der Waals surface area (Å²) >= 11 is 0. The van der Waals surface area contributed by atoms with Crippen molar-refractivity contribution in [1.82, 2.24) is 19.8 Å². The molecule has 0 radical (unpaired) electrons. The van der Waals surface area contributed by atoms with Crippen molar-refractivity contribution in [1.29, 1.82) is 0 Å². The molecule has 4 rings (SSSR count). The highest BCUT2D eigenvalue weighted by molar-refractivity contribution is 5.97. The first-order valence-electron chi connectivity index (χ1n) is 11.6. The SMILES string of the molecule is Cc1ccc(C(CNC(=O)c2cccc(NC(=O)CCn3ccnc3)c2)N2CCOCC2)cc1. The Kier molecular flexibility index (Phi) is 8.06. The van der Waals surface area contributed by atoms with Gasteiger partial charge in [-0.2, -0.15) is 0 Å². The number of rotatable bonds is 9. The number of imidazole rings is 1. The predicted octanol–water partition coefficient (Wildman–Crippen LogP) is 3.02. The van der Waals surface area contributed by atoms with Gasteiger partial charge in [0.25, 0.3) is 5.91 Å². The zero-order valence-corrected chi connectivity index (χ0v) is 19.4. The number of amides is 2. The zero-order valence-electron chi connectivity index (χ0n) is 19.4. The average Bonchev–Trinajstić information content (AvgIpc) is 3.38. The number of benzene rings is 2. The number of aryl methyl sites for hydroxylation is 2. The van der Waals surface area contributed by atoms with Gasteiger partial charge in [-0.1, -0.05) is 35.9 Å². The molecular weight excluding hydrogens is 430 g/mol. The fourth-order valence-corrected chi connectivity index (χ4v) is 4.04. The number of morpholine rings is 1. The van der Waals surface area contributed by atoms with Gasteiger partial charge in [0.15, 0.2) is 0 Å². The van der Waals surface area contributed by atoms with Crippen LogP contribution in [0.1, 0.15) is 33.9 Å². The molecule has 2 heterocycles. The van der Waals surface area contributed by atoms with Crippen molar-refractivity contribution in [3.8, 4) is 0 Å². The van der Waals surface area contributed by atoms with Crippen LogP contribution in [0.2, 0.25) is 0 Å². The van der Waals surface area contributed by atoms with Crippen LogP contribution in [0.3, 0.4) is 0 Å². The maximum Gasteiger partial charge on any atom is 0.251 e. The number of hydrogen-bond acceptors (Lipinski definition) is 5. The molecule has 2 N–H and O–H groups in total. The number of anilines is 1. The molecule has 2 amide bonds. The molecule has 1 fully saturated rings. The Morgan fingerprint density at radius 2 is 1.91 bits per heavy atom. The van der Waals surface area contributed by atoms with E-state index in [4.69, 9.17) is 4.74 Å². The second-order valence-electron chi connectivity index (χ2n) is 8.46. The number of carbonyl (C=O) groups excluding carboxylic acids is 2. The van der Waals surface area contributed by atoms with E-state index in [0.29, 0.717) is 44.0 Å². The maximum atomic E-state index is 13.0. The smallest absolute Gasteiger partial charge is 0.251 e. The van der Waals surface area contributed by atoms with E-state index >= 15 is 0 Å². The summed E-state index contributed by atoms with van der Waals surface area (Å²) in [5.74, 6) is -0.280. The number of hydrogen-bond donors (Lipinski definition) is 2. The summed E-state index contributed by atoms with van der Waals surface area (Å²) < 4.78 is 7.36. The monoisotopic (exact) mass is 461 g/mol. The lowest BCUT2D eigenvalue weighted by Gasteiger charge is -2.35. The van der Waals surface area contributed by atoms with Gasteiger partial charge in [-0.15, -0.1) is 0 Å². The first-order chi connectivity index (χ1) is 16.6. The van der Waals surface area contributed by atoms with Crippen LogP contribution in [0.25, 0.3) is 0 Å². The van der Waals surface area contributed by atoms with Crippen LogP contribution in [0, 0.1) is 6.92 Å². The lowest BCUT2D eigenvalue weighted by Crippen LogP contribution is -2.43. The van der Waals surface area contributed by atoms with Crippen LogP contribution in [-0.2, 0) is 16.1 Å². The van der Waals surface area contributed by atoms with E-state index < -0.39 is 0 Å². The quantitative estimate of drug-likeness (QED) is 0.511. The third kappa shape index (κ3) is 6.52. The second kappa shape index (κ2) is 11.6. The molecule has 1 aromatic heterocycles. The highest BCUT2D eigenvalue weighted by Crippen LogP contribution is 2.22. The van der Waals surface area contributed by atoms with E-state index in [0.717, 1.165) is 13.1 Å². The molecule has 8 heteroatoms. The van der Waals surface area contributed by atoms with Crippen molar-refractivity contribution < 1.29 is 14.3 Å².